The van der Waals surface area contributed by atoms with E-state index in [1.54, 1.807) is 0 Å². The average Bonchev–Trinajstić information content (AvgIpc) is 2.33. The molecule has 1 amide bonds. The van der Waals surface area contributed by atoms with Crippen molar-refractivity contribution in [2.24, 2.45) is 23.5 Å². The van der Waals surface area contributed by atoms with Gasteiger partial charge in [-0.25, -0.2) is 0 Å². The first-order valence-corrected chi connectivity index (χ1v) is 7.56. The summed E-state index contributed by atoms with van der Waals surface area (Å²) < 4.78 is 0. The van der Waals surface area contributed by atoms with Gasteiger partial charge in [0.25, 0.3) is 0 Å². The molecule has 1 aliphatic carbocycles. The summed E-state index contributed by atoms with van der Waals surface area (Å²) in [6, 6.07) is 0.685. The summed E-state index contributed by atoms with van der Waals surface area (Å²) in [7, 11) is 2.08. The number of hydrogen-bond donors (Lipinski definition) is 2. The zero-order valence-electron chi connectivity index (χ0n) is 13.1. The maximum atomic E-state index is 12.2. The Morgan fingerprint density at radius 3 is 2.53 bits per heavy atom. The highest BCUT2D eigenvalue weighted by Gasteiger charge is 2.34. The Kier molecular flexibility index (Phi) is 6.27. The first-order valence-electron chi connectivity index (χ1n) is 7.56. The van der Waals surface area contributed by atoms with Gasteiger partial charge in [-0.1, -0.05) is 13.8 Å². The zero-order chi connectivity index (χ0) is 14.6. The van der Waals surface area contributed by atoms with Crippen molar-refractivity contribution < 1.29 is 4.79 Å². The number of nitrogens with zero attached hydrogens (tertiary/aromatic N) is 1. The molecule has 0 radical (unpaired) electrons. The van der Waals surface area contributed by atoms with Crippen LogP contribution >= 0.6 is 0 Å². The molecule has 1 saturated carbocycles. The third kappa shape index (κ3) is 4.77. The van der Waals surface area contributed by atoms with Crippen LogP contribution in [-0.2, 0) is 4.79 Å². The lowest BCUT2D eigenvalue weighted by Gasteiger charge is -2.36. The number of hydrogen-bond acceptors (Lipinski definition) is 3. The van der Waals surface area contributed by atoms with Crippen molar-refractivity contribution in [3.63, 3.8) is 0 Å². The monoisotopic (exact) mass is 269 g/mol. The molecule has 0 bridgehead atoms. The van der Waals surface area contributed by atoms with Crippen molar-refractivity contribution in [2.45, 2.75) is 52.6 Å². The van der Waals surface area contributed by atoms with Crippen LogP contribution in [0.25, 0.3) is 0 Å². The number of amides is 1. The van der Waals surface area contributed by atoms with Crippen molar-refractivity contribution in [3.8, 4) is 0 Å². The molecule has 0 aromatic carbocycles. The van der Waals surface area contributed by atoms with E-state index in [0.717, 1.165) is 25.9 Å². The number of carbonyl (C=O) groups excluding carboxylic acids is 1. The molecule has 1 aliphatic rings. The second-order valence-corrected chi connectivity index (χ2v) is 6.56. The van der Waals surface area contributed by atoms with Gasteiger partial charge in [-0.3, -0.25) is 4.79 Å². The molecule has 112 valence electrons. The molecule has 4 nitrogen and oxygen atoms in total. The molecule has 0 aliphatic heterocycles. The fourth-order valence-electron chi connectivity index (χ4n) is 2.79. The Hall–Kier alpha value is -0.610. The Bertz CT molecular complexity index is 293. The summed E-state index contributed by atoms with van der Waals surface area (Å²) in [5, 5.41) is 3.07. The zero-order valence-corrected chi connectivity index (χ0v) is 13.1. The van der Waals surface area contributed by atoms with E-state index in [-0.39, 0.29) is 17.9 Å². The van der Waals surface area contributed by atoms with Crippen LogP contribution in [0, 0.1) is 17.8 Å². The van der Waals surface area contributed by atoms with E-state index in [2.05, 4.69) is 45.0 Å². The van der Waals surface area contributed by atoms with Crippen molar-refractivity contribution in [3.05, 3.63) is 0 Å². The van der Waals surface area contributed by atoms with E-state index in [4.69, 9.17) is 5.73 Å². The van der Waals surface area contributed by atoms with Gasteiger partial charge in [-0.2, -0.15) is 0 Å². The quantitative estimate of drug-likeness (QED) is 0.794. The molecule has 4 atom stereocenters. The number of nitrogens with two attached hydrogens (primary N) is 1. The Morgan fingerprint density at radius 2 is 1.95 bits per heavy atom. The normalized spacial score (nSPS) is 31.8. The summed E-state index contributed by atoms with van der Waals surface area (Å²) in [5.41, 5.74) is 6.10. The highest BCUT2D eigenvalue weighted by atomic mass is 16.1. The summed E-state index contributed by atoms with van der Waals surface area (Å²) in [6.45, 7) is 10.3. The van der Waals surface area contributed by atoms with E-state index in [9.17, 15) is 4.79 Å². The highest BCUT2D eigenvalue weighted by molar-refractivity contribution is 5.79. The Labute approximate surface area is 118 Å². The van der Waals surface area contributed by atoms with Crippen LogP contribution in [0.1, 0.15) is 40.5 Å². The molecule has 0 heterocycles. The SMILES string of the molecule is CC1CC(C)C(C(=O)NCCN(C)C(C)C)CC1N. The minimum Gasteiger partial charge on any atom is -0.355 e. The van der Waals surface area contributed by atoms with Gasteiger partial charge in [0.15, 0.2) is 0 Å². The van der Waals surface area contributed by atoms with Crippen molar-refractivity contribution in [2.75, 3.05) is 20.1 Å². The molecule has 1 fully saturated rings. The molecule has 1 rings (SSSR count). The first-order chi connectivity index (χ1) is 8.82. The van der Waals surface area contributed by atoms with Crippen LogP contribution in [0.15, 0.2) is 0 Å². The van der Waals surface area contributed by atoms with Crippen LogP contribution < -0.4 is 11.1 Å². The number of carbonyl (C=O) groups is 1. The van der Waals surface area contributed by atoms with Crippen molar-refractivity contribution in [1.82, 2.24) is 10.2 Å². The van der Waals surface area contributed by atoms with Gasteiger partial charge in [0.1, 0.15) is 0 Å². The lowest BCUT2D eigenvalue weighted by molar-refractivity contribution is -0.128. The lowest BCUT2D eigenvalue weighted by Crippen LogP contribution is -2.46. The predicted octanol–water partition coefficient (Wildman–Crippen LogP) is 1.45. The molecule has 0 saturated heterocycles. The first kappa shape index (κ1) is 16.4. The van der Waals surface area contributed by atoms with Crippen LogP contribution in [0.4, 0.5) is 0 Å². The predicted molar refractivity (Wildman–Crippen MR) is 79.8 cm³/mol. The van der Waals surface area contributed by atoms with Crippen LogP contribution in [-0.4, -0.2) is 43.0 Å². The largest absolute Gasteiger partial charge is 0.355 e. The second-order valence-electron chi connectivity index (χ2n) is 6.56. The minimum absolute atomic E-state index is 0.0931. The smallest absolute Gasteiger partial charge is 0.223 e. The van der Waals surface area contributed by atoms with E-state index in [0.29, 0.717) is 17.9 Å². The molecule has 0 aromatic rings. The lowest BCUT2D eigenvalue weighted by atomic mass is 9.72. The van der Waals surface area contributed by atoms with Gasteiger partial charge in [0, 0.05) is 31.1 Å². The molecular weight excluding hydrogens is 238 g/mol. The van der Waals surface area contributed by atoms with Gasteiger partial charge in [0.2, 0.25) is 5.91 Å². The third-order valence-corrected chi connectivity index (χ3v) is 4.67. The summed E-state index contributed by atoms with van der Waals surface area (Å²) >= 11 is 0. The fraction of sp³-hybridized carbons (Fsp3) is 0.933. The van der Waals surface area contributed by atoms with E-state index >= 15 is 0 Å². The maximum Gasteiger partial charge on any atom is 0.223 e. The van der Waals surface area contributed by atoms with E-state index in [1.807, 2.05) is 0 Å². The summed E-state index contributed by atoms with van der Waals surface area (Å²) in [6.07, 6.45) is 1.89. The highest BCUT2D eigenvalue weighted by Crippen LogP contribution is 2.32. The molecular formula is C15H31N3O. The third-order valence-electron chi connectivity index (χ3n) is 4.67. The van der Waals surface area contributed by atoms with Crippen molar-refractivity contribution >= 4 is 5.91 Å². The Balaban J connectivity index is 2.37. The fourth-order valence-corrected chi connectivity index (χ4v) is 2.79. The molecule has 0 spiro atoms. The van der Waals surface area contributed by atoms with Crippen LogP contribution in [0.2, 0.25) is 0 Å². The number of rotatable bonds is 5. The van der Waals surface area contributed by atoms with Crippen LogP contribution in [0.3, 0.4) is 0 Å². The van der Waals surface area contributed by atoms with Gasteiger partial charge < -0.3 is 16.0 Å². The molecule has 0 aromatic heterocycles. The molecule has 4 heteroatoms. The van der Waals surface area contributed by atoms with E-state index < -0.39 is 0 Å². The molecule has 3 N–H and O–H groups in total. The molecule has 19 heavy (non-hydrogen) atoms. The standard InChI is InChI=1S/C15H31N3O/c1-10(2)18(5)7-6-17-15(19)13-9-14(16)12(4)8-11(13)3/h10-14H,6-9,16H2,1-5H3,(H,17,19). The van der Waals surface area contributed by atoms with Gasteiger partial charge in [0.05, 0.1) is 0 Å². The second kappa shape index (κ2) is 7.25. The molecule has 4 unspecified atom stereocenters. The number of nitrogens with one attached hydrogen (secondary N) is 1. The maximum absolute atomic E-state index is 12.2. The van der Waals surface area contributed by atoms with Gasteiger partial charge >= 0.3 is 0 Å². The topological polar surface area (TPSA) is 58.4 Å². The summed E-state index contributed by atoms with van der Waals surface area (Å²) in [5.74, 6) is 1.26. The van der Waals surface area contributed by atoms with E-state index in [1.165, 1.54) is 0 Å². The van der Waals surface area contributed by atoms with Gasteiger partial charge in [-0.15, -0.1) is 0 Å². The summed E-state index contributed by atoms with van der Waals surface area (Å²) in [4.78, 5) is 14.5. The number of likely N-dealkylation sites (N-methyl/N-ethyl adjacent to an activating group) is 1. The Morgan fingerprint density at radius 1 is 1.32 bits per heavy atom. The van der Waals surface area contributed by atoms with Crippen molar-refractivity contribution in [1.29, 1.82) is 0 Å². The van der Waals surface area contributed by atoms with Crippen LogP contribution in [0.5, 0.6) is 0 Å². The average molecular weight is 269 g/mol. The minimum atomic E-state index is 0.0931. The van der Waals surface area contributed by atoms with Gasteiger partial charge in [-0.05, 0) is 45.6 Å².